The van der Waals surface area contributed by atoms with Gasteiger partial charge < -0.3 is 37.8 Å². The molecular formula is C50H75N25. The summed E-state index contributed by atoms with van der Waals surface area (Å²) >= 11 is 0. The van der Waals surface area contributed by atoms with Gasteiger partial charge in [-0.25, -0.2) is 63.9 Å². The molecule has 10 aromatic rings. The molecule has 0 atom stereocenters. The third-order valence-corrected chi connectivity index (χ3v) is 12.3. The van der Waals surface area contributed by atoms with Crippen LogP contribution in [-0.4, -0.2) is 98.7 Å². The topological polar surface area (TPSA) is 348 Å². The lowest BCUT2D eigenvalue weighted by Gasteiger charge is -2.11. The molecule has 0 saturated heterocycles. The van der Waals surface area contributed by atoms with E-state index in [9.17, 15) is 0 Å². The molecule has 10 N–H and O–H groups in total. The number of rotatable bonds is 5. The Morgan fingerprint density at radius 2 is 0.787 bits per heavy atom. The Labute approximate surface area is 436 Å². The predicted octanol–water partition coefficient (Wildman–Crippen LogP) is 8.03. The molecule has 0 unspecified atom stereocenters. The molecule has 10 heterocycles. The average Bonchev–Trinajstić information content (AvgIpc) is 4.12. The first kappa shape index (κ1) is 56.1. The summed E-state index contributed by atoms with van der Waals surface area (Å²) in [4.78, 5) is 42.7. The summed E-state index contributed by atoms with van der Waals surface area (Å²) in [5, 5.41) is 22.4. The lowest BCUT2D eigenvalue weighted by molar-refractivity contribution is 0.526. The first-order valence-electron chi connectivity index (χ1n) is 25.0. The van der Waals surface area contributed by atoms with Crippen molar-refractivity contribution in [3.8, 4) is 0 Å². The second kappa shape index (κ2) is 22.1. The van der Waals surface area contributed by atoms with E-state index in [2.05, 4.69) is 154 Å². The second-order valence-corrected chi connectivity index (χ2v) is 19.9. The molecule has 10 aromatic heterocycles. The number of aromatic nitrogens is 20. The smallest absolute Gasteiger partial charge is 0.184 e. The minimum absolute atomic E-state index is 0.216. The van der Waals surface area contributed by atoms with Crippen molar-refractivity contribution in [3.05, 3.63) is 57.3 Å². The van der Waals surface area contributed by atoms with E-state index in [1.165, 1.54) is 11.3 Å². The molecule has 0 bridgehead atoms. The Balaban J connectivity index is 0.000000152. The molecular weight excluding hydrogens is 951 g/mol. The Morgan fingerprint density at radius 3 is 1.32 bits per heavy atom. The van der Waals surface area contributed by atoms with Crippen LogP contribution in [0.15, 0.2) is 0 Å². The molecule has 0 aromatic carbocycles. The molecule has 0 aliphatic heterocycles. The summed E-state index contributed by atoms with van der Waals surface area (Å²) in [6.45, 7) is 40.2. The fraction of sp³-hybridized carbons (Fsp3) is 0.500. The van der Waals surface area contributed by atoms with Gasteiger partial charge in [0, 0.05) is 35.6 Å². The number of fused-ring (bicyclic) bond motifs is 5. The van der Waals surface area contributed by atoms with E-state index in [4.69, 9.17) is 28.7 Å². The summed E-state index contributed by atoms with van der Waals surface area (Å²) in [5.41, 5.74) is 40.8. The molecule has 0 saturated carbocycles. The normalized spacial score (nSPS) is 11.5. The number of anilines is 5. The monoisotopic (exact) mass is 1030 g/mol. The minimum atomic E-state index is 0.216. The van der Waals surface area contributed by atoms with Gasteiger partial charge in [0.25, 0.3) is 0 Å². The molecule has 10 rings (SSSR count). The summed E-state index contributed by atoms with van der Waals surface area (Å²) in [7, 11) is 0. The zero-order valence-electron chi connectivity index (χ0n) is 47.2. The fourth-order valence-corrected chi connectivity index (χ4v) is 8.79. The van der Waals surface area contributed by atoms with Crippen LogP contribution in [0.5, 0.6) is 0 Å². The molecule has 25 nitrogen and oxygen atoms in total. The summed E-state index contributed by atoms with van der Waals surface area (Å²) in [6.07, 6.45) is 0. The highest BCUT2D eigenvalue weighted by Crippen LogP contribution is 2.31. The van der Waals surface area contributed by atoms with Crippen LogP contribution in [0.2, 0.25) is 0 Å². The van der Waals surface area contributed by atoms with Gasteiger partial charge >= 0.3 is 0 Å². The number of nitrogens with two attached hydrogens (primary N) is 5. The fourth-order valence-electron chi connectivity index (χ4n) is 8.79. The first-order chi connectivity index (χ1) is 35.0. The van der Waals surface area contributed by atoms with Crippen LogP contribution in [0.25, 0.3) is 55.4 Å². The molecule has 0 aliphatic rings. The van der Waals surface area contributed by atoms with Gasteiger partial charge in [-0.1, -0.05) is 10.4 Å². The molecule has 75 heavy (non-hydrogen) atoms. The highest BCUT2D eigenvalue weighted by atomic mass is 15.5. The van der Waals surface area contributed by atoms with Crippen LogP contribution in [0, 0.1) is 69.2 Å². The first-order valence-corrected chi connectivity index (χ1v) is 25.0. The highest BCUT2D eigenvalue weighted by Gasteiger charge is 2.20. The van der Waals surface area contributed by atoms with Gasteiger partial charge in [-0.05, 0) is 150 Å². The maximum absolute atomic E-state index is 5.98. The number of pyridine rings is 1. The van der Waals surface area contributed by atoms with Crippen LogP contribution >= 0.6 is 0 Å². The van der Waals surface area contributed by atoms with Crippen LogP contribution in [-0.2, 0) is 0 Å². The van der Waals surface area contributed by atoms with E-state index in [1.54, 1.807) is 11.6 Å². The lowest BCUT2D eigenvalue weighted by atomic mass is 10.2. The van der Waals surface area contributed by atoms with Gasteiger partial charge in [0.15, 0.2) is 50.9 Å². The number of hydrogen-bond acceptors (Lipinski definition) is 20. The maximum atomic E-state index is 5.98. The maximum Gasteiger partial charge on any atom is 0.184 e. The van der Waals surface area contributed by atoms with Crippen molar-refractivity contribution in [2.75, 3.05) is 28.7 Å². The Hall–Kier alpha value is -8.25. The number of imidazole rings is 1. The SMILES string of the molecule is Cc1nc(N)c2c(C)c(C)n(C(C)C)c2n1.Cc1nc(N)c2c(C)nn(C(C)C)c2n1.Cc1nc(N)c2nc(C)n(C(C)C)c2n1.Cc1nc(N)c2nnn(C(C)C)c2c1C.Cc1nc(N)c2nnn(C(C)C)c2n1. The van der Waals surface area contributed by atoms with Crippen molar-refractivity contribution >= 4 is 84.5 Å². The largest absolute Gasteiger partial charge is 0.383 e. The lowest BCUT2D eigenvalue weighted by Crippen LogP contribution is -2.05. The van der Waals surface area contributed by atoms with Crippen molar-refractivity contribution < 1.29 is 0 Å². The van der Waals surface area contributed by atoms with Gasteiger partial charge in [-0.3, -0.25) is 0 Å². The van der Waals surface area contributed by atoms with E-state index in [0.29, 0.717) is 80.8 Å². The molecule has 0 aliphatic carbocycles. The Morgan fingerprint density at radius 1 is 0.347 bits per heavy atom. The van der Waals surface area contributed by atoms with E-state index >= 15 is 0 Å². The predicted molar refractivity (Wildman–Crippen MR) is 298 cm³/mol. The third-order valence-electron chi connectivity index (χ3n) is 12.3. The van der Waals surface area contributed by atoms with Gasteiger partial charge in [0.2, 0.25) is 0 Å². The molecule has 0 amide bonds. The summed E-state index contributed by atoms with van der Waals surface area (Å²) < 4.78 is 9.79. The van der Waals surface area contributed by atoms with Crippen LogP contribution < -0.4 is 28.7 Å². The molecule has 0 radical (unpaired) electrons. The zero-order chi connectivity index (χ0) is 55.8. The zero-order valence-corrected chi connectivity index (χ0v) is 47.2. The van der Waals surface area contributed by atoms with Crippen LogP contribution in [0.1, 0.15) is 157 Å². The second-order valence-electron chi connectivity index (χ2n) is 19.9. The van der Waals surface area contributed by atoms with Crippen molar-refractivity contribution in [2.45, 2.75) is 169 Å². The highest BCUT2D eigenvalue weighted by molar-refractivity contribution is 5.91. The Kier molecular flexibility index (Phi) is 16.5. The summed E-state index contributed by atoms with van der Waals surface area (Å²) in [6, 6.07) is 1.46. The van der Waals surface area contributed by atoms with E-state index in [-0.39, 0.29) is 18.1 Å². The van der Waals surface area contributed by atoms with Crippen molar-refractivity contribution in [1.82, 2.24) is 98.7 Å². The Bertz CT molecular complexity index is 3660. The molecule has 25 heteroatoms. The average molecular weight is 1030 g/mol. The quantitative estimate of drug-likeness (QED) is 0.109. The third kappa shape index (κ3) is 11.3. The number of nitrogens with zero attached hydrogens (tertiary/aromatic N) is 20. The number of nitrogen functional groups attached to an aromatic ring is 5. The number of hydrogen-bond donors (Lipinski definition) is 5. The molecule has 400 valence electrons. The van der Waals surface area contributed by atoms with Crippen LogP contribution in [0.3, 0.4) is 0 Å². The van der Waals surface area contributed by atoms with Crippen molar-refractivity contribution in [1.29, 1.82) is 0 Å². The molecule has 0 spiro atoms. The minimum Gasteiger partial charge on any atom is -0.383 e. The van der Waals surface area contributed by atoms with Gasteiger partial charge in [-0.15, -0.1) is 10.2 Å². The van der Waals surface area contributed by atoms with Gasteiger partial charge in [0.05, 0.1) is 28.0 Å². The van der Waals surface area contributed by atoms with Crippen molar-refractivity contribution in [2.24, 2.45) is 0 Å². The van der Waals surface area contributed by atoms with Crippen molar-refractivity contribution in [3.63, 3.8) is 0 Å². The standard InChI is InChI=1S/C12H18N4.3C10H15N5.C8H12N6/c1-6(2)16-8(4)7(3)10-11(13)14-9(5)15-12(10)16;1-5(2)15-7(4)14-8-9(11)12-6(3)13-10(8)15;1-5(2)15-10-8(6(3)14-15)9(11)12-7(4)13-10;1-5(2)15-9-6(3)7(4)12-10(11)8(9)13-14-15;1-4(2)14-8-6(12-13-14)7(9)10-5(3)11-8/h6H,1-5H3,(H2,13,14,15);2*5H,1-4H3,(H2,11,12,13);5H,1-4H3,(H2,11,12);4H,1-3H3,(H2,9,10,11). The van der Waals surface area contributed by atoms with Gasteiger partial charge in [0.1, 0.15) is 46.4 Å². The van der Waals surface area contributed by atoms with E-state index < -0.39 is 0 Å². The summed E-state index contributed by atoms with van der Waals surface area (Å²) in [5.74, 6) is 6.06. The van der Waals surface area contributed by atoms with E-state index in [1.807, 2.05) is 71.7 Å². The van der Waals surface area contributed by atoms with Gasteiger partial charge in [-0.2, -0.15) is 5.10 Å². The number of aryl methyl sites for hydroxylation is 9. The van der Waals surface area contributed by atoms with Crippen LogP contribution in [0.4, 0.5) is 29.1 Å². The van der Waals surface area contributed by atoms with E-state index in [0.717, 1.165) is 61.8 Å². The molecule has 0 fully saturated rings.